The van der Waals surface area contributed by atoms with Crippen LogP contribution >= 0.6 is 22.6 Å². The Labute approximate surface area is 148 Å². The van der Waals surface area contributed by atoms with E-state index >= 15 is 0 Å². The van der Waals surface area contributed by atoms with Crippen molar-refractivity contribution < 1.29 is 19.1 Å². The maximum absolute atomic E-state index is 12.3. The Morgan fingerprint density at radius 2 is 1.83 bits per heavy atom. The minimum absolute atomic E-state index is 0.0936. The molecule has 1 N–H and O–H groups in total. The molecule has 0 atom stereocenters. The van der Waals surface area contributed by atoms with Gasteiger partial charge in [-0.3, -0.25) is 4.79 Å². The SMILES string of the molecule is CCOC(=O)c1c(C)[nH]c(C(=O)COc2ccc(I)cc2)c1C. The lowest BCUT2D eigenvalue weighted by Crippen LogP contribution is -2.13. The number of carbonyl (C=O) groups is 2. The molecule has 0 amide bonds. The van der Waals surface area contributed by atoms with Crippen molar-refractivity contribution in [2.75, 3.05) is 13.2 Å². The van der Waals surface area contributed by atoms with Crippen LogP contribution < -0.4 is 4.74 Å². The average molecular weight is 427 g/mol. The van der Waals surface area contributed by atoms with Crippen molar-refractivity contribution in [3.63, 3.8) is 0 Å². The van der Waals surface area contributed by atoms with E-state index < -0.39 is 5.97 Å². The highest BCUT2D eigenvalue weighted by Gasteiger charge is 2.22. The molecule has 122 valence electrons. The van der Waals surface area contributed by atoms with Crippen LogP contribution in [0, 0.1) is 17.4 Å². The molecule has 2 aromatic rings. The molecule has 0 aliphatic heterocycles. The molecule has 0 spiro atoms. The Bertz CT molecular complexity index is 719. The first-order chi connectivity index (χ1) is 10.9. The molecular formula is C17H18INO4. The molecule has 1 heterocycles. The fourth-order valence-corrected chi connectivity index (χ4v) is 2.65. The van der Waals surface area contributed by atoms with Crippen LogP contribution in [0.1, 0.15) is 39.0 Å². The fraction of sp³-hybridized carbons (Fsp3) is 0.294. The number of H-pyrrole nitrogens is 1. The topological polar surface area (TPSA) is 68.4 Å². The van der Waals surface area contributed by atoms with Gasteiger partial charge in [0, 0.05) is 9.26 Å². The minimum atomic E-state index is -0.420. The molecule has 0 aliphatic rings. The predicted molar refractivity (Wildman–Crippen MR) is 95.2 cm³/mol. The summed E-state index contributed by atoms with van der Waals surface area (Å²) >= 11 is 2.20. The van der Waals surface area contributed by atoms with Gasteiger partial charge in [-0.15, -0.1) is 0 Å². The van der Waals surface area contributed by atoms with Gasteiger partial charge in [-0.1, -0.05) is 0 Å². The zero-order valence-corrected chi connectivity index (χ0v) is 15.4. The molecule has 1 aromatic heterocycles. The number of Topliss-reactive ketones (excluding diaryl/α,β-unsaturated/α-hetero) is 1. The molecule has 0 fully saturated rings. The molecule has 1 aromatic carbocycles. The molecule has 23 heavy (non-hydrogen) atoms. The number of ether oxygens (including phenoxy) is 2. The van der Waals surface area contributed by atoms with Gasteiger partial charge in [0.15, 0.2) is 6.61 Å². The largest absolute Gasteiger partial charge is 0.485 e. The van der Waals surface area contributed by atoms with Crippen LogP contribution in [0.2, 0.25) is 0 Å². The van der Waals surface area contributed by atoms with Crippen LogP contribution in [0.5, 0.6) is 5.75 Å². The number of nitrogens with one attached hydrogen (secondary N) is 1. The molecule has 0 aliphatic carbocycles. The van der Waals surface area contributed by atoms with E-state index in [-0.39, 0.29) is 12.4 Å². The quantitative estimate of drug-likeness (QED) is 0.434. The van der Waals surface area contributed by atoms with E-state index in [1.807, 2.05) is 24.3 Å². The van der Waals surface area contributed by atoms with Crippen molar-refractivity contribution in [1.29, 1.82) is 0 Å². The number of aryl methyl sites for hydroxylation is 1. The second kappa shape index (κ2) is 7.63. The summed E-state index contributed by atoms with van der Waals surface area (Å²) in [6.07, 6.45) is 0. The number of aromatic nitrogens is 1. The second-order valence-electron chi connectivity index (χ2n) is 5.01. The van der Waals surface area contributed by atoms with Gasteiger partial charge in [0.25, 0.3) is 0 Å². The van der Waals surface area contributed by atoms with Crippen LogP contribution in [-0.2, 0) is 4.74 Å². The highest BCUT2D eigenvalue weighted by molar-refractivity contribution is 14.1. The number of aromatic amines is 1. The van der Waals surface area contributed by atoms with Crippen LogP contribution in [0.15, 0.2) is 24.3 Å². The van der Waals surface area contributed by atoms with Crippen LogP contribution in [-0.4, -0.2) is 30.0 Å². The molecular weight excluding hydrogens is 409 g/mol. The first kappa shape index (κ1) is 17.5. The van der Waals surface area contributed by atoms with Crippen molar-refractivity contribution in [3.8, 4) is 5.75 Å². The normalized spacial score (nSPS) is 10.4. The maximum atomic E-state index is 12.3. The van der Waals surface area contributed by atoms with Gasteiger partial charge in [-0.2, -0.15) is 0 Å². The number of benzene rings is 1. The Morgan fingerprint density at radius 1 is 1.17 bits per heavy atom. The van der Waals surface area contributed by atoms with Gasteiger partial charge >= 0.3 is 5.97 Å². The standard InChI is InChI=1S/C17H18INO4/c1-4-22-17(21)15-10(2)16(19-11(15)3)14(20)9-23-13-7-5-12(18)6-8-13/h5-8,19H,4,9H2,1-3H3. The molecule has 0 unspecified atom stereocenters. The van der Waals surface area contributed by atoms with Crippen LogP contribution in [0.4, 0.5) is 0 Å². The lowest BCUT2D eigenvalue weighted by Gasteiger charge is -2.06. The van der Waals surface area contributed by atoms with Gasteiger partial charge < -0.3 is 14.5 Å². The number of halogens is 1. The fourth-order valence-electron chi connectivity index (χ4n) is 2.29. The van der Waals surface area contributed by atoms with Gasteiger partial charge in [-0.25, -0.2) is 4.79 Å². The molecule has 6 heteroatoms. The highest BCUT2D eigenvalue weighted by atomic mass is 127. The number of hydrogen-bond acceptors (Lipinski definition) is 4. The maximum Gasteiger partial charge on any atom is 0.340 e. The minimum Gasteiger partial charge on any atom is -0.485 e. The number of ketones is 1. The highest BCUT2D eigenvalue weighted by Crippen LogP contribution is 2.20. The third kappa shape index (κ3) is 4.13. The number of hydrogen-bond donors (Lipinski definition) is 1. The van der Waals surface area contributed by atoms with Crippen LogP contribution in [0.3, 0.4) is 0 Å². The first-order valence-electron chi connectivity index (χ1n) is 7.21. The summed E-state index contributed by atoms with van der Waals surface area (Å²) in [5.74, 6) is 0.00126. The summed E-state index contributed by atoms with van der Waals surface area (Å²) < 4.78 is 11.6. The van der Waals surface area contributed by atoms with Crippen molar-refractivity contribution in [1.82, 2.24) is 4.98 Å². The molecule has 0 saturated heterocycles. The lowest BCUT2D eigenvalue weighted by atomic mass is 10.1. The third-order valence-corrected chi connectivity index (χ3v) is 4.10. The monoisotopic (exact) mass is 427 g/mol. The number of esters is 1. The molecule has 0 radical (unpaired) electrons. The number of carbonyl (C=O) groups excluding carboxylic acids is 2. The second-order valence-corrected chi connectivity index (χ2v) is 6.26. The molecule has 0 saturated carbocycles. The molecule has 5 nitrogen and oxygen atoms in total. The van der Waals surface area contributed by atoms with Crippen molar-refractivity contribution in [3.05, 3.63) is 50.4 Å². The summed E-state index contributed by atoms with van der Waals surface area (Å²) in [7, 11) is 0. The Morgan fingerprint density at radius 3 is 2.43 bits per heavy atom. The van der Waals surface area contributed by atoms with E-state index in [0.29, 0.717) is 34.9 Å². The average Bonchev–Trinajstić information content (AvgIpc) is 2.81. The van der Waals surface area contributed by atoms with E-state index in [1.54, 1.807) is 20.8 Å². The van der Waals surface area contributed by atoms with E-state index in [2.05, 4.69) is 27.6 Å². The van der Waals surface area contributed by atoms with Crippen molar-refractivity contribution >= 4 is 34.3 Å². The first-order valence-corrected chi connectivity index (χ1v) is 8.29. The Kier molecular flexibility index (Phi) is 5.81. The van der Waals surface area contributed by atoms with Gasteiger partial charge in [0.1, 0.15) is 5.75 Å². The Hall–Kier alpha value is -1.83. The summed E-state index contributed by atoms with van der Waals surface area (Å²) in [6.45, 7) is 5.42. The number of rotatable bonds is 6. The van der Waals surface area contributed by atoms with Crippen molar-refractivity contribution in [2.45, 2.75) is 20.8 Å². The van der Waals surface area contributed by atoms with Gasteiger partial charge in [-0.05, 0) is 73.2 Å². The zero-order valence-electron chi connectivity index (χ0n) is 13.2. The summed E-state index contributed by atoms with van der Waals surface area (Å²) in [4.78, 5) is 27.3. The van der Waals surface area contributed by atoms with Crippen molar-refractivity contribution in [2.24, 2.45) is 0 Å². The van der Waals surface area contributed by atoms with Gasteiger partial charge in [0.05, 0.1) is 17.9 Å². The van der Waals surface area contributed by atoms with E-state index in [9.17, 15) is 9.59 Å². The van der Waals surface area contributed by atoms with E-state index in [0.717, 1.165) is 3.57 Å². The zero-order chi connectivity index (χ0) is 17.0. The lowest BCUT2D eigenvalue weighted by molar-refractivity contribution is 0.0525. The van der Waals surface area contributed by atoms with Crippen LogP contribution in [0.25, 0.3) is 0 Å². The third-order valence-electron chi connectivity index (χ3n) is 3.38. The molecule has 0 bridgehead atoms. The summed E-state index contributed by atoms with van der Waals surface area (Å²) in [5.41, 5.74) is 2.02. The predicted octanol–water partition coefficient (Wildman–Crippen LogP) is 3.67. The molecule has 2 rings (SSSR count). The van der Waals surface area contributed by atoms with E-state index in [4.69, 9.17) is 9.47 Å². The summed E-state index contributed by atoms with van der Waals surface area (Å²) in [5, 5.41) is 0. The van der Waals surface area contributed by atoms with E-state index in [1.165, 1.54) is 0 Å². The summed E-state index contributed by atoms with van der Waals surface area (Å²) in [6, 6.07) is 7.43. The Balaban J connectivity index is 2.12. The van der Waals surface area contributed by atoms with Gasteiger partial charge in [0.2, 0.25) is 5.78 Å². The smallest absolute Gasteiger partial charge is 0.340 e.